The maximum Gasteiger partial charge on any atom is 0.268 e. The molecular weight excluding hydrogens is 282 g/mol. The molecule has 1 aliphatic rings. The molecule has 0 radical (unpaired) electrons. The number of hydrogen-bond acceptors (Lipinski definition) is 3. The third kappa shape index (κ3) is 3.19. The molecule has 1 atom stereocenters. The first kappa shape index (κ1) is 14.4. The van der Waals surface area contributed by atoms with Gasteiger partial charge in [-0.05, 0) is 56.4 Å². The van der Waals surface area contributed by atoms with Gasteiger partial charge in [-0.2, -0.15) is 0 Å². The summed E-state index contributed by atoms with van der Waals surface area (Å²) in [6.07, 6.45) is 4.19. The second kappa shape index (κ2) is 6.45. The molecule has 5 heteroatoms. The van der Waals surface area contributed by atoms with E-state index in [1.807, 2.05) is 36.7 Å². The van der Waals surface area contributed by atoms with Crippen molar-refractivity contribution >= 4 is 17.2 Å². The molecule has 4 nitrogen and oxygen atoms in total. The summed E-state index contributed by atoms with van der Waals surface area (Å²) in [4.78, 5) is 13.7. The van der Waals surface area contributed by atoms with E-state index in [0.717, 1.165) is 31.6 Å². The van der Waals surface area contributed by atoms with Crippen LogP contribution in [0.3, 0.4) is 0 Å². The standard InChI is InChI=1S/C16H21N3OS/c1-12(15-5-3-11-21-15)18-16(20)14-4-2-10-19(14)13-6-8-17-9-7-13/h2-5,10-13,17H,6-9H2,1H3,(H,18,20)/t12-/m0/s1. The average molecular weight is 303 g/mol. The fourth-order valence-corrected chi connectivity index (χ4v) is 3.60. The van der Waals surface area contributed by atoms with Gasteiger partial charge in [-0.3, -0.25) is 4.79 Å². The summed E-state index contributed by atoms with van der Waals surface area (Å²) in [6, 6.07) is 8.43. The van der Waals surface area contributed by atoms with Crippen molar-refractivity contribution in [1.82, 2.24) is 15.2 Å². The Hall–Kier alpha value is -1.59. The predicted octanol–water partition coefficient (Wildman–Crippen LogP) is 2.97. The molecule has 1 aliphatic heterocycles. The van der Waals surface area contributed by atoms with Crippen LogP contribution in [-0.4, -0.2) is 23.6 Å². The van der Waals surface area contributed by atoms with Crippen LogP contribution in [0.15, 0.2) is 35.8 Å². The number of nitrogens with zero attached hydrogens (tertiary/aromatic N) is 1. The van der Waals surface area contributed by atoms with E-state index in [2.05, 4.69) is 21.3 Å². The number of carbonyl (C=O) groups is 1. The Morgan fingerprint density at radius 3 is 2.90 bits per heavy atom. The van der Waals surface area contributed by atoms with Crippen LogP contribution in [0.25, 0.3) is 0 Å². The number of rotatable bonds is 4. The van der Waals surface area contributed by atoms with Crippen LogP contribution in [0.2, 0.25) is 0 Å². The molecule has 2 aromatic rings. The van der Waals surface area contributed by atoms with Gasteiger partial charge in [0.05, 0.1) is 6.04 Å². The van der Waals surface area contributed by atoms with Crippen LogP contribution in [0.1, 0.15) is 47.2 Å². The van der Waals surface area contributed by atoms with Crippen molar-refractivity contribution < 1.29 is 4.79 Å². The third-order valence-electron chi connectivity index (χ3n) is 4.03. The molecule has 0 spiro atoms. The number of aromatic nitrogens is 1. The van der Waals surface area contributed by atoms with Crippen molar-refractivity contribution in [1.29, 1.82) is 0 Å². The molecule has 0 aromatic carbocycles. The second-order valence-electron chi connectivity index (χ2n) is 5.49. The molecule has 112 valence electrons. The van der Waals surface area contributed by atoms with Gasteiger partial charge in [0.25, 0.3) is 5.91 Å². The quantitative estimate of drug-likeness (QED) is 0.912. The first-order valence-corrected chi connectivity index (χ1v) is 8.35. The fourth-order valence-electron chi connectivity index (χ4n) is 2.87. The summed E-state index contributed by atoms with van der Waals surface area (Å²) in [5, 5.41) is 8.50. The lowest BCUT2D eigenvalue weighted by Gasteiger charge is -2.26. The number of amides is 1. The van der Waals surface area contributed by atoms with Crippen LogP contribution >= 0.6 is 11.3 Å². The summed E-state index contributed by atoms with van der Waals surface area (Å²) in [7, 11) is 0. The Morgan fingerprint density at radius 1 is 1.38 bits per heavy atom. The minimum atomic E-state index is 0.0134. The topological polar surface area (TPSA) is 46.1 Å². The second-order valence-corrected chi connectivity index (χ2v) is 6.47. The van der Waals surface area contributed by atoms with Crippen LogP contribution in [0, 0.1) is 0 Å². The third-order valence-corrected chi connectivity index (χ3v) is 5.09. The highest BCUT2D eigenvalue weighted by Crippen LogP contribution is 2.23. The summed E-state index contributed by atoms with van der Waals surface area (Å²) < 4.78 is 2.14. The van der Waals surface area contributed by atoms with E-state index in [1.165, 1.54) is 4.88 Å². The van der Waals surface area contributed by atoms with Gasteiger partial charge in [-0.15, -0.1) is 11.3 Å². The largest absolute Gasteiger partial charge is 0.343 e. The van der Waals surface area contributed by atoms with Gasteiger partial charge in [0.1, 0.15) is 5.69 Å². The molecule has 3 rings (SSSR count). The monoisotopic (exact) mass is 303 g/mol. The molecule has 2 N–H and O–H groups in total. The molecule has 0 unspecified atom stereocenters. The highest BCUT2D eigenvalue weighted by Gasteiger charge is 2.21. The number of piperidine rings is 1. The number of thiophene rings is 1. The van der Waals surface area contributed by atoms with Gasteiger partial charge in [0, 0.05) is 17.1 Å². The Balaban J connectivity index is 1.71. The van der Waals surface area contributed by atoms with E-state index in [1.54, 1.807) is 11.3 Å². The highest BCUT2D eigenvalue weighted by atomic mass is 32.1. The van der Waals surface area contributed by atoms with E-state index < -0.39 is 0 Å². The molecule has 1 fully saturated rings. The van der Waals surface area contributed by atoms with E-state index in [4.69, 9.17) is 0 Å². The Labute approximate surface area is 129 Å². The number of carbonyl (C=O) groups excluding carboxylic acids is 1. The van der Waals surface area contributed by atoms with Gasteiger partial charge in [0.2, 0.25) is 0 Å². The minimum Gasteiger partial charge on any atom is -0.343 e. The fraction of sp³-hybridized carbons (Fsp3) is 0.438. The zero-order valence-corrected chi connectivity index (χ0v) is 13.0. The summed E-state index contributed by atoms with van der Waals surface area (Å²) in [6.45, 7) is 4.08. The predicted molar refractivity (Wildman–Crippen MR) is 85.8 cm³/mol. The first-order chi connectivity index (χ1) is 10.3. The van der Waals surface area contributed by atoms with E-state index in [-0.39, 0.29) is 11.9 Å². The molecule has 0 saturated carbocycles. The highest BCUT2D eigenvalue weighted by molar-refractivity contribution is 7.10. The minimum absolute atomic E-state index is 0.0134. The molecule has 1 amide bonds. The zero-order valence-electron chi connectivity index (χ0n) is 12.2. The van der Waals surface area contributed by atoms with Crippen molar-refractivity contribution in [3.05, 3.63) is 46.4 Å². The van der Waals surface area contributed by atoms with Crippen molar-refractivity contribution in [3.8, 4) is 0 Å². The SMILES string of the molecule is C[C@H](NC(=O)c1cccn1C1CCNCC1)c1cccs1. The van der Waals surface area contributed by atoms with Crippen molar-refractivity contribution in [2.75, 3.05) is 13.1 Å². The van der Waals surface area contributed by atoms with Gasteiger partial charge in [-0.25, -0.2) is 0 Å². The normalized spacial score (nSPS) is 17.6. The molecular formula is C16H21N3OS. The van der Waals surface area contributed by atoms with Gasteiger partial charge >= 0.3 is 0 Å². The lowest BCUT2D eigenvalue weighted by molar-refractivity contribution is 0.0927. The Bertz CT molecular complexity index is 584. The molecule has 2 aromatic heterocycles. The van der Waals surface area contributed by atoms with Gasteiger partial charge in [-0.1, -0.05) is 6.07 Å². The molecule has 21 heavy (non-hydrogen) atoms. The maximum atomic E-state index is 12.5. The van der Waals surface area contributed by atoms with Crippen molar-refractivity contribution in [3.63, 3.8) is 0 Å². The van der Waals surface area contributed by atoms with Crippen LogP contribution in [0.5, 0.6) is 0 Å². The molecule has 0 aliphatic carbocycles. The zero-order chi connectivity index (χ0) is 14.7. The number of nitrogens with one attached hydrogen (secondary N) is 2. The Morgan fingerprint density at radius 2 is 2.19 bits per heavy atom. The van der Waals surface area contributed by atoms with E-state index in [9.17, 15) is 4.79 Å². The summed E-state index contributed by atoms with van der Waals surface area (Å²) in [5.74, 6) is 0.0134. The van der Waals surface area contributed by atoms with E-state index >= 15 is 0 Å². The maximum absolute atomic E-state index is 12.5. The average Bonchev–Trinajstić information content (AvgIpc) is 3.19. The van der Waals surface area contributed by atoms with Crippen LogP contribution in [0.4, 0.5) is 0 Å². The van der Waals surface area contributed by atoms with Crippen LogP contribution < -0.4 is 10.6 Å². The van der Waals surface area contributed by atoms with E-state index in [0.29, 0.717) is 6.04 Å². The lowest BCUT2D eigenvalue weighted by atomic mass is 10.1. The molecule has 0 bridgehead atoms. The molecule has 1 saturated heterocycles. The van der Waals surface area contributed by atoms with Gasteiger partial charge < -0.3 is 15.2 Å². The van der Waals surface area contributed by atoms with Crippen LogP contribution in [-0.2, 0) is 0 Å². The van der Waals surface area contributed by atoms with Gasteiger partial charge in [0.15, 0.2) is 0 Å². The smallest absolute Gasteiger partial charge is 0.268 e. The number of hydrogen-bond donors (Lipinski definition) is 2. The Kier molecular flexibility index (Phi) is 4.41. The van der Waals surface area contributed by atoms with Crippen molar-refractivity contribution in [2.24, 2.45) is 0 Å². The summed E-state index contributed by atoms with van der Waals surface area (Å²) >= 11 is 1.67. The summed E-state index contributed by atoms with van der Waals surface area (Å²) in [5.41, 5.74) is 0.769. The first-order valence-electron chi connectivity index (χ1n) is 7.47. The molecule has 3 heterocycles. The lowest BCUT2D eigenvalue weighted by Crippen LogP contribution is -2.33. The van der Waals surface area contributed by atoms with Crippen molar-refractivity contribution in [2.45, 2.75) is 31.8 Å².